The van der Waals surface area contributed by atoms with Gasteiger partial charge in [0.2, 0.25) is 5.91 Å². The minimum Gasteiger partial charge on any atom is -0.467 e. The lowest BCUT2D eigenvalue weighted by molar-refractivity contribution is -0.116. The number of nitrogens with one attached hydrogen (secondary N) is 1. The first-order chi connectivity index (χ1) is 15.5. The number of furan rings is 1. The Morgan fingerprint density at radius 3 is 2.53 bits per heavy atom. The van der Waals surface area contributed by atoms with E-state index in [1.54, 1.807) is 24.3 Å². The Hall–Kier alpha value is -3.18. The van der Waals surface area contributed by atoms with Gasteiger partial charge in [-0.3, -0.25) is 18.7 Å². The summed E-state index contributed by atoms with van der Waals surface area (Å²) in [7, 11) is 0. The predicted molar refractivity (Wildman–Crippen MR) is 133 cm³/mol. The third-order valence-corrected chi connectivity index (χ3v) is 6.93. The van der Waals surface area contributed by atoms with E-state index < -0.39 is 11.2 Å². The quantitative estimate of drug-likeness (QED) is 0.328. The number of fused-ring (bicyclic) bond motifs is 3. The largest absolute Gasteiger partial charge is 0.467 e. The van der Waals surface area contributed by atoms with Gasteiger partial charge >= 0.3 is 5.69 Å². The number of benzene rings is 2. The van der Waals surface area contributed by atoms with Gasteiger partial charge in [-0.15, -0.1) is 11.3 Å². The zero-order valence-corrected chi connectivity index (χ0v) is 19.6. The van der Waals surface area contributed by atoms with Gasteiger partial charge in [0.1, 0.15) is 17.0 Å². The molecule has 0 radical (unpaired) electrons. The van der Waals surface area contributed by atoms with Crippen molar-refractivity contribution in [2.24, 2.45) is 0 Å². The van der Waals surface area contributed by atoms with Crippen LogP contribution in [0.3, 0.4) is 0 Å². The number of rotatable bonds is 5. The lowest BCUT2D eigenvalue weighted by Crippen LogP contribution is -2.41. The number of hydrogen-bond donors (Lipinski definition) is 1. The third kappa shape index (κ3) is 3.78. The second kappa shape index (κ2) is 8.40. The zero-order chi connectivity index (χ0) is 22.2. The van der Waals surface area contributed by atoms with Crippen molar-refractivity contribution < 1.29 is 9.21 Å². The van der Waals surface area contributed by atoms with E-state index >= 15 is 0 Å². The van der Waals surface area contributed by atoms with Crippen molar-refractivity contribution in [3.63, 3.8) is 0 Å². The summed E-state index contributed by atoms with van der Waals surface area (Å²) < 4.78 is 10.2. The van der Waals surface area contributed by atoms with Gasteiger partial charge in [-0.1, -0.05) is 18.2 Å². The lowest BCUT2D eigenvalue weighted by Gasteiger charge is -2.12. The van der Waals surface area contributed by atoms with Gasteiger partial charge in [-0.05, 0) is 65.1 Å². The molecular formula is C23H16IN3O4S. The first-order valence-electron chi connectivity index (χ1n) is 9.74. The van der Waals surface area contributed by atoms with Gasteiger partial charge in [0.15, 0.2) is 0 Å². The maximum atomic E-state index is 13.4. The number of halogens is 1. The van der Waals surface area contributed by atoms with Crippen molar-refractivity contribution in [1.29, 1.82) is 0 Å². The molecule has 0 fully saturated rings. The molecule has 9 heteroatoms. The van der Waals surface area contributed by atoms with E-state index in [2.05, 4.69) is 27.9 Å². The predicted octanol–water partition coefficient (Wildman–Crippen LogP) is 4.26. The first-order valence-corrected chi connectivity index (χ1v) is 11.6. The smallest absolute Gasteiger partial charge is 0.332 e. The van der Waals surface area contributed by atoms with Gasteiger partial charge in [0, 0.05) is 19.3 Å². The molecule has 32 heavy (non-hydrogen) atoms. The van der Waals surface area contributed by atoms with Gasteiger partial charge < -0.3 is 9.73 Å². The van der Waals surface area contributed by atoms with Crippen LogP contribution in [0.1, 0.15) is 5.76 Å². The molecule has 0 saturated carbocycles. The van der Waals surface area contributed by atoms with Crippen LogP contribution in [0.5, 0.6) is 0 Å². The molecule has 0 atom stereocenters. The van der Waals surface area contributed by atoms with Crippen LogP contribution >= 0.6 is 33.9 Å². The minimum absolute atomic E-state index is 0.00636. The Balaban J connectivity index is 1.65. The summed E-state index contributed by atoms with van der Waals surface area (Å²) in [4.78, 5) is 39.5. The van der Waals surface area contributed by atoms with Crippen LogP contribution in [-0.2, 0) is 17.9 Å². The molecule has 2 aromatic carbocycles. The van der Waals surface area contributed by atoms with E-state index in [9.17, 15) is 14.4 Å². The summed E-state index contributed by atoms with van der Waals surface area (Å²) >= 11 is 3.50. The summed E-state index contributed by atoms with van der Waals surface area (Å²) in [5.74, 6) is 0.132. The Bertz CT molecular complexity index is 1560. The number of carbonyl (C=O) groups is 1. The SMILES string of the molecule is O=C(Cn1c(=O)n(Cc2ccco2)c(=O)c2sc3ccccc3c21)Nc1ccc(I)cc1. The molecule has 0 aliphatic rings. The van der Waals surface area contributed by atoms with Crippen LogP contribution in [0, 0.1) is 3.57 Å². The van der Waals surface area contributed by atoms with Crippen molar-refractivity contribution in [1.82, 2.24) is 9.13 Å². The molecule has 0 spiro atoms. The number of amides is 1. The molecule has 0 bridgehead atoms. The fraction of sp³-hybridized carbons (Fsp3) is 0.0870. The fourth-order valence-electron chi connectivity index (χ4n) is 3.62. The number of anilines is 1. The van der Waals surface area contributed by atoms with Crippen molar-refractivity contribution in [2.75, 3.05) is 5.32 Å². The highest BCUT2D eigenvalue weighted by molar-refractivity contribution is 14.1. The van der Waals surface area contributed by atoms with E-state index in [1.807, 2.05) is 36.4 Å². The van der Waals surface area contributed by atoms with E-state index in [0.29, 0.717) is 21.7 Å². The van der Waals surface area contributed by atoms with Crippen molar-refractivity contribution in [3.05, 3.63) is 97.1 Å². The van der Waals surface area contributed by atoms with Crippen LogP contribution in [0.15, 0.2) is 80.9 Å². The summed E-state index contributed by atoms with van der Waals surface area (Å²) in [6.45, 7) is -0.228. The van der Waals surface area contributed by atoms with E-state index in [4.69, 9.17) is 4.42 Å². The van der Waals surface area contributed by atoms with Crippen molar-refractivity contribution in [3.8, 4) is 0 Å². The van der Waals surface area contributed by atoms with Crippen molar-refractivity contribution in [2.45, 2.75) is 13.1 Å². The van der Waals surface area contributed by atoms with E-state index in [-0.39, 0.29) is 19.0 Å². The summed E-state index contributed by atoms with van der Waals surface area (Å²) in [5, 5.41) is 3.60. The van der Waals surface area contributed by atoms with Gasteiger partial charge in [0.25, 0.3) is 5.56 Å². The average Bonchev–Trinajstić information content (AvgIpc) is 3.44. The van der Waals surface area contributed by atoms with Crippen molar-refractivity contribution >= 4 is 65.8 Å². The number of carbonyl (C=O) groups excluding carboxylic acids is 1. The lowest BCUT2D eigenvalue weighted by atomic mass is 10.2. The topological polar surface area (TPSA) is 86.2 Å². The average molecular weight is 557 g/mol. The van der Waals surface area contributed by atoms with E-state index in [0.717, 1.165) is 18.2 Å². The number of nitrogens with zero attached hydrogens (tertiary/aromatic N) is 2. The van der Waals surface area contributed by atoms with E-state index in [1.165, 1.54) is 22.2 Å². The second-order valence-corrected chi connectivity index (χ2v) is 9.47. The molecular weight excluding hydrogens is 541 g/mol. The zero-order valence-electron chi connectivity index (χ0n) is 16.6. The van der Waals surface area contributed by atoms with Gasteiger partial charge in [0.05, 0.1) is 18.3 Å². The van der Waals surface area contributed by atoms with Crippen LogP contribution < -0.4 is 16.6 Å². The molecule has 0 aliphatic heterocycles. The Kier molecular flexibility index (Phi) is 5.43. The molecule has 5 aromatic rings. The molecule has 1 amide bonds. The first kappa shape index (κ1) is 20.7. The molecule has 0 saturated heterocycles. The highest BCUT2D eigenvalue weighted by Gasteiger charge is 2.20. The summed E-state index contributed by atoms with van der Waals surface area (Å²) in [6, 6.07) is 18.3. The van der Waals surface area contributed by atoms with Crippen LogP contribution in [0.4, 0.5) is 5.69 Å². The molecule has 1 N–H and O–H groups in total. The Labute approximate surface area is 199 Å². The number of hydrogen-bond acceptors (Lipinski definition) is 5. The normalized spacial score (nSPS) is 11.3. The fourth-order valence-corrected chi connectivity index (χ4v) is 5.13. The van der Waals surface area contributed by atoms with Crippen LogP contribution in [0.2, 0.25) is 0 Å². The number of thiophene rings is 1. The highest BCUT2D eigenvalue weighted by Crippen LogP contribution is 2.30. The minimum atomic E-state index is -0.555. The number of aromatic nitrogens is 2. The van der Waals surface area contributed by atoms with Gasteiger partial charge in [-0.25, -0.2) is 4.79 Å². The monoisotopic (exact) mass is 557 g/mol. The van der Waals surface area contributed by atoms with Gasteiger partial charge in [-0.2, -0.15) is 0 Å². The van der Waals surface area contributed by atoms with Crippen LogP contribution in [0.25, 0.3) is 20.3 Å². The Morgan fingerprint density at radius 2 is 1.78 bits per heavy atom. The summed E-state index contributed by atoms with van der Waals surface area (Å²) in [6.07, 6.45) is 1.49. The standard InChI is InChI=1S/C23H16IN3O4S/c24-14-7-9-15(10-8-14)25-19(28)13-26-20-17-5-1-2-6-18(17)32-21(20)22(29)27(23(26)30)12-16-4-3-11-31-16/h1-11H,12-13H2,(H,25,28). The molecule has 3 aromatic heterocycles. The molecule has 0 unspecified atom stereocenters. The molecule has 7 nitrogen and oxygen atoms in total. The maximum Gasteiger partial charge on any atom is 0.332 e. The molecule has 5 rings (SSSR count). The Morgan fingerprint density at radius 1 is 1.00 bits per heavy atom. The van der Waals surface area contributed by atoms with Crippen LogP contribution in [-0.4, -0.2) is 15.0 Å². The summed E-state index contributed by atoms with van der Waals surface area (Å²) in [5.41, 5.74) is 0.171. The molecule has 3 heterocycles. The maximum absolute atomic E-state index is 13.4. The molecule has 0 aliphatic carbocycles. The third-order valence-electron chi connectivity index (χ3n) is 5.06. The highest BCUT2D eigenvalue weighted by atomic mass is 127. The second-order valence-electron chi connectivity index (χ2n) is 7.17. The molecule has 160 valence electrons.